The van der Waals surface area contributed by atoms with Gasteiger partial charge in [-0.2, -0.15) is 0 Å². The number of carbonyl (C=O) groups excluding carboxylic acids is 1. The van der Waals surface area contributed by atoms with Gasteiger partial charge in [-0.25, -0.2) is 0 Å². The lowest BCUT2D eigenvalue weighted by Crippen LogP contribution is -2.46. The molecule has 0 bridgehead atoms. The molecule has 2 aromatic rings. The molecule has 1 amide bonds. The van der Waals surface area contributed by atoms with Gasteiger partial charge in [-0.1, -0.05) is 42.4 Å². The number of hydrogen-bond acceptors (Lipinski definition) is 4. The van der Waals surface area contributed by atoms with Gasteiger partial charge in [-0.15, -0.1) is 0 Å². The number of fused-ring (bicyclic) bond motifs is 2. The summed E-state index contributed by atoms with van der Waals surface area (Å²) >= 11 is 1.75. The van der Waals surface area contributed by atoms with Crippen molar-refractivity contribution in [2.75, 3.05) is 24.6 Å². The van der Waals surface area contributed by atoms with Crippen molar-refractivity contribution < 1.29 is 4.79 Å². The summed E-state index contributed by atoms with van der Waals surface area (Å²) in [5, 5.41) is 1.94. The number of para-hydroxylation sites is 2. The van der Waals surface area contributed by atoms with Crippen LogP contribution in [-0.4, -0.2) is 30.4 Å². The monoisotopic (exact) mass is 339 g/mol. The second-order valence-corrected chi connectivity index (χ2v) is 7.33. The molecule has 1 N–H and O–H groups in total. The number of piperidine rings is 1. The standard InChI is InChI=1S/C19H21N3OS/c23-19(14-21-12-6-1-7-13-21)20-22-15-8-2-4-10-17(15)24-18-11-5-3-9-16(18)22/h2-5,8-11H,1,6-7,12-14H2,(H,20,23). The van der Waals surface area contributed by atoms with Gasteiger partial charge in [0.25, 0.3) is 5.91 Å². The predicted molar refractivity (Wildman–Crippen MR) is 97.6 cm³/mol. The molecule has 0 radical (unpaired) electrons. The molecule has 2 aliphatic heterocycles. The largest absolute Gasteiger partial charge is 0.294 e. The molecule has 4 rings (SSSR count). The number of nitrogens with zero attached hydrogens (tertiary/aromatic N) is 2. The van der Waals surface area contributed by atoms with Crippen molar-refractivity contribution in [2.45, 2.75) is 29.1 Å². The van der Waals surface area contributed by atoms with Gasteiger partial charge in [0.15, 0.2) is 0 Å². The number of rotatable bonds is 3. The molecular formula is C19H21N3OS. The van der Waals surface area contributed by atoms with E-state index >= 15 is 0 Å². The Labute approximate surface area is 146 Å². The highest BCUT2D eigenvalue weighted by Crippen LogP contribution is 2.46. The Morgan fingerprint density at radius 3 is 2.12 bits per heavy atom. The minimum atomic E-state index is 0.0495. The summed E-state index contributed by atoms with van der Waals surface area (Å²) < 4.78 is 0. The average Bonchev–Trinajstić information content (AvgIpc) is 2.62. The van der Waals surface area contributed by atoms with Crippen LogP contribution in [0.25, 0.3) is 0 Å². The lowest BCUT2D eigenvalue weighted by Gasteiger charge is -2.33. The number of hydrogen-bond donors (Lipinski definition) is 1. The van der Waals surface area contributed by atoms with E-state index in [0.717, 1.165) is 34.3 Å². The van der Waals surface area contributed by atoms with Gasteiger partial charge in [0.05, 0.1) is 17.9 Å². The minimum absolute atomic E-state index is 0.0495. The second kappa shape index (κ2) is 6.87. The molecule has 0 unspecified atom stereocenters. The molecule has 0 spiro atoms. The Balaban J connectivity index is 1.56. The molecule has 124 valence electrons. The minimum Gasteiger partial charge on any atom is -0.294 e. The van der Waals surface area contributed by atoms with Crippen molar-refractivity contribution in [3.8, 4) is 0 Å². The molecule has 2 heterocycles. The highest BCUT2D eigenvalue weighted by Gasteiger charge is 2.25. The van der Waals surface area contributed by atoms with Crippen LogP contribution in [0.5, 0.6) is 0 Å². The summed E-state index contributed by atoms with van der Waals surface area (Å²) in [7, 11) is 0. The van der Waals surface area contributed by atoms with Crippen molar-refractivity contribution in [3.63, 3.8) is 0 Å². The smallest absolute Gasteiger partial charge is 0.252 e. The zero-order chi connectivity index (χ0) is 16.4. The number of anilines is 2. The Morgan fingerprint density at radius 1 is 0.917 bits per heavy atom. The first kappa shape index (κ1) is 15.5. The van der Waals surface area contributed by atoms with E-state index in [-0.39, 0.29) is 5.91 Å². The molecule has 0 atom stereocenters. The van der Waals surface area contributed by atoms with Crippen LogP contribution in [-0.2, 0) is 4.79 Å². The van der Waals surface area contributed by atoms with E-state index in [9.17, 15) is 4.79 Å². The number of benzene rings is 2. The lowest BCUT2D eigenvalue weighted by molar-refractivity contribution is -0.122. The number of amides is 1. The lowest BCUT2D eigenvalue weighted by atomic mass is 10.1. The van der Waals surface area contributed by atoms with Crippen LogP contribution < -0.4 is 10.4 Å². The summed E-state index contributed by atoms with van der Waals surface area (Å²) in [6.45, 7) is 2.51. The fourth-order valence-electron chi connectivity index (χ4n) is 3.31. The normalized spacial score (nSPS) is 17.1. The fraction of sp³-hybridized carbons (Fsp3) is 0.316. The van der Waals surface area contributed by atoms with Crippen LogP contribution in [0.3, 0.4) is 0 Å². The van der Waals surface area contributed by atoms with Crippen LogP contribution in [0.1, 0.15) is 19.3 Å². The van der Waals surface area contributed by atoms with Crippen LogP contribution >= 0.6 is 11.8 Å². The third-order valence-corrected chi connectivity index (χ3v) is 5.61. The Hall–Kier alpha value is -1.98. The SMILES string of the molecule is O=C(CN1CCCCC1)NN1c2ccccc2Sc2ccccc21. The Bertz CT molecular complexity index is 697. The molecule has 24 heavy (non-hydrogen) atoms. The first-order valence-corrected chi connectivity index (χ1v) is 9.31. The highest BCUT2D eigenvalue weighted by molar-refractivity contribution is 7.99. The Kier molecular flexibility index (Phi) is 4.45. The van der Waals surface area contributed by atoms with Gasteiger partial charge in [-0.05, 0) is 50.2 Å². The van der Waals surface area contributed by atoms with E-state index in [4.69, 9.17) is 0 Å². The average molecular weight is 339 g/mol. The molecule has 1 saturated heterocycles. The van der Waals surface area contributed by atoms with Gasteiger partial charge in [0, 0.05) is 9.79 Å². The van der Waals surface area contributed by atoms with Crippen molar-refractivity contribution in [1.29, 1.82) is 0 Å². The van der Waals surface area contributed by atoms with Gasteiger partial charge in [0.2, 0.25) is 0 Å². The van der Waals surface area contributed by atoms with Crippen LogP contribution in [0.2, 0.25) is 0 Å². The molecule has 0 saturated carbocycles. The van der Waals surface area contributed by atoms with Crippen LogP contribution in [0.15, 0.2) is 58.3 Å². The quantitative estimate of drug-likeness (QED) is 0.922. The summed E-state index contributed by atoms with van der Waals surface area (Å²) in [6, 6.07) is 16.4. The summed E-state index contributed by atoms with van der Waals surface area (Å²) in [6.07, 6.45) is 3.67. The van der Waals surface area contributed by atoms with Crippen molar-refractivity contribution in [1.82, 2.24) is 10.3 Å². The maximum atomic E-state index is 12.6. The van der Waals surface area contributed by atoms with Gasteiger partial charge in [0.1, 0.15) is 0 Å². The van der Waals surface area contributed by atoms with E-state index in [0.29, 0.717) is 6.54 Å². The molecule has 1 fully saturated rings. The Morgan fingerprint density at radius 2 is 1.50 bits per heavy atom. The third kappa shape index (κ3) is 3.14. The van der Waals surface area contributed by atoms with E-state index in [2.05, 4.69) is 34.6 Å². The predicted octanol–water partition coefficient (Wildman–Crippen LogP) is 3.81. The van der Waals surface area contributed by atoms with Gasteiger partial charge in [-0.3, -0.25) is 20.1 Å². The zero-order valence-corrected chi connectivity index (χ0v) is 14.4. The molecule has 4 nitrogen and oxygen atoms in total. The van der Waals surface area contributed by atoms with Crippen molar-refractivity contribution >= 4 is 29.0 Å². The van der Waals surface area contributed by atoms with Gasteiger partial charge >= 0.3 is 0 Å². The topological polar surface area (TPSA) is 35.6 Å². The molecule has 2 aliphatic rings. The first-order chi connectivity index (χ1) is 11.8. The van der Waals surface area contributed by atoms with Crippen LogP contribution in [0, 0.1) is 0 Å². The number of carbonyl (C=O) groups is 1. The van der Waals surface area contributed by atoms with E-state index in [1.807, 2.05) is 29.3 Å². The zero-order valence-electron chi connectivity index (χ0n) is 13.6. The molecule has 5 heteroatoms. The van der Waals surface area contributed by atoms with Crippen molar-refractivity contribution in [3.05, 3.63) is 48.5 Å². The second-order valence-electron chi connectivity index (χ2n) is 6.24. The molecule has 0 aromatic heterocycles. The van der Waals surface area contributed by atoms with E-state index in [1.165, 1.54) is 19.3 Å². The van der Waals surface area contributed by atoms with Gasteiger partial charge < -0.3 is 0 Å². The maximum Gasteiger partial charge on any atom is 0.252 e. The fourth-order valence-corrected chi connectivity index (χ4v) is 4.36. The van der Waals surface area contributed by atoms with Crippen LogP contribution in [0.4, 0.5) is 11.4 Å². The number of likely N-dealkylation sites (tertiary alicyclic amines) is 1. The highest BCUT2D eigenvalue weighted by atomic mass is 32.2. The first-order valence-electron chi connectivity index (χ1n) is 8.49. The molecular weight excluding hydrogens is 318 g/mol. The van der Waals surface area contributed by atoms with E-state index < -0.39 is 0 Å². The summed E-state index contributed by atoms with van der Waals surface area (Å²) in [5.41, 5.74) is 5.19. The van der Waals surface area contributed by atoms with E-state index in [1.54, 1.807) is 11.8 Å². The number of nitrogens with one attached hydrogen (secondary N) is 1. The summed E-state index contributed by atoms with van der Waals surface area (Å²) in [5.74, 6) is 0.0495. The molecule has 0 aliphatic carbocycles. The molecule has 2 aromatic carbocycles. The summed E-state index contributed by atoms with van der Waals surface area (Å²) in [4.78, 5) is 17.2. The van der Waals surface area contributed by atoms with Crippen molar-refractivity contribution in [2.24, 2.45) is 0 Å². The number of hydrazine groups is 1. The third-order valence-electron chi connectivity index (χ3n) is 4.48. The maximum absolute atomic E-state index is 12.6.